The molecule has 20 heavy (non-hydrogen) atoms. The van der Waals surface area contributed by atoms with Gasteiger partial charge in [-0.3, -0.25) is 4.79 Å². The maximum atomic E-state index is 12.9. The zero-order chi connectivity index (χ0) is 14.4. The predicted molar refractivity (Wildman–Crippen MR) is 81.1 cm³/mol. The number of rotatable bonds is 5. The average Bonchev–Trinajstić information content (AvgIpc) is 2.73. The number of benzene rings is 1. The van der Waals surface area contributed by atoms with Crippen molar-refractivity contribution in [2.24, 2.45) is 11.1 Å². The number of hydrogen-bond acceptors (Lipinski definition) is 3. The summed E-state index contributed by atoms with van der Waals surface area (Å²) < 4.78 is 5.49. The van der Waals surface area contributed by atoms with Crippen molar-refractivity contribution < 1.29 is 9.53 Å². The number of hydrogen-bond donors (Lipinski definition) is 1. The minimum Gasteiger partial charge on any atom is -0.494 e. The molecule has 0 unspecified atom stereocenters. The number of ether oxygens (including phenoxy) is 1. The van der Waals surface area contributed by atoms with E-state index in [1.807, 2.05) is 31.2 Å². The summed E-state index contributed by atoms with van der Waals surface area (Å²) in [5.41, 5.74) is 6.37. The average molecular weight is 275 g/mol. The van der Waals surface area contributed by atoms with E-state index in [1.165, 1.54) is 12.8 Å². The van der Waals surface area contributed by atoms with E-state index < -0.39 is 0 Å². The molecule has 1 aromatic carbocycles. The molecule has 3 heteroatoms. The zero-order valence-electron chi connectivity index (χ0n) is 12.4. The van der Waals surface area contributed by atoms with Crippen LogP contribution in [0.15, 0.2) is 24.3 Å². The fourth-order valence-electron chi connectivity index (χ4n) is 3.13. The minimum atomic E-state index is -0.360. The molecule has 0 aliphatic heterocycles. The fraction of sp³-hybridized carbons (Fsp3) is 0.588. The van der Waals surface area contributed by atoms with Gasteiger partial charge in [0.15, 0.2) is 5.78 Å². The summed E-state index contributed by atoms with van der Waals surface area (Å²) in [6, 6.07) is 7.52. The third-order valence-electron chi connectivity index (χ3n) is 4.34. The largest absolute Gasteiger partial charge is 0.494 e. The number of Topliss-reactive ketones (excluding diaryl/α,β-unsaturated/α-hetero) is 1. The molecule has 3 nitrogen and oxygen atoms in total. The highest BCUT2D eigenvalue weighted by molar-refractivity contribution is 6.01. The van der Waals surface area contributed by atoms with E-state index in [-0.39, 0.29) is 11.2 Å². The lowest BCUT2D eigenvalue weighted by atomic mass is 9.74. The van der Waals surface area contributed by atoms with Gasteiger partial charge in [0.2, 0.25) is 0 Å². The Labute approximate surface area is 121 Å². The van der Waals surface area contributed by atoms with Gasteiger partial charge in [0.25, 0.3) is 0 Å². The van der Waals surface area contributed by atoms with Crippen molar-refractivity contribution in [3.63, 3.8) is 0 Å². The van der Waals surface area contributed by atoms with Crippen LogP contribution in [0, 0.1) is 5.41 Å². The van der Waals surface area contributed by atoms with Crippen LogP contribution >= 0.6 is 0 Å². The maximum absolute atomic E-state index is 12.9. The van der Waals surface area contributed by atoms with Gasteiger partial charge in [0, 0.05) is 17.5 Å². The lowest BCUT2D eigenvalue weighted by Gasteiger charge is -2.29. The number of ketones is 1. The van der Waals surface area contributed by atoms with Gasteiger partial charge in [-0.15, -0.1) is 0 Å². The Morgan fingerprint density at radius 2 is 1.95 bits per heavy atom. The number of carbonyl (C=O) groups excluding carboxylic acids is 1. The molecule has 1 fully saturated rings. The van der Waals surface area contributed by atoms with Crippen LogP contribution in [0.25, 0.3) is 0 Å². The summed E-state index contributed by atoms with van der Waals surface area (Å²) in [4.78, 5) is 12.9. The van der Waals surface area contributed by atoms with Gasteiger partial charge in [-0.1, -0.05) is 37.8 Å². The minimum absolute atomic E-state index is 0.198. The highest BCUT2D eigenvalue weighted by atomic mass is 16.5. The quantitative estimate of drug-likeness (QED) is 0.660. The fourth-order valence-corrected chi connectivity index (χ4v) is 3.13. The van der Waals surface area contributed by atoms with Gasteiger partial charge in [-0.2, -0.15) is 0 Å². The molecular formula is C17H25NO2. The predicted octanol–water partition coefficient (Wildman–Crippen LogP) is 3.57. The second-order valence-electron chi connectivity index (χ2n) is 5.69. The highest BCUT2D eigenvalue weighted by Crippen LogP contribution is 2.37. The molecule has 0 spiro atoms. The second-order valence-corrected chi connectivity index (χ2v) is 5.69. The Morgan fingerprint density at radius 1 is 1.25 bits per heavy atom. The first-order valence-corrected chi connectivity index (χ1v) is 7.69. The van der Waals surface area contributed by atoms with Crippen molar-refractivity contribution in [2.75, 3.05) is 13.2 Å². The standard InChI is InChI=1S/C17H25NO2/c1-2-20-15-9-7-8-14(12-15)16(19)17(13-18)10-5-3-4-6-11-17/h7-9,12H,2-6,10-11,13,18H2,1H3. The van der Waals surface area contributed by atoms with E-state index in [2.05, 4.69) is 0 Å². The first kappa shape index (κ1) is 15.0. The lowest BCUT2D eigenvalue weighted by Crippen LogP contribution is -2.38. The van der Waals surface area contributed by atoms with Crippen molar-refractivity contribution in [2.45, 2.75) is 45.4 Å². The van der Waals surface area contributed by atoms with Crippen LogP contribution in [0.2, 0.25) is 0 Å². The van der Waals surface area contributed by atoms with Crippen LogP contribution < -0.4 is 10.5 Å². The van der Waals surface area contributed by atoms with E-state index >= 15 is 0 Å². The van der Waals surface area contributed by atoms with Crippen molar-refractivity contribution in [1.82, 2.24) is 0 Å². The molecule has 0 radical (unpaired) electrons. The van der Waals surface area contributed by atoms with Crippen LogP contribution in [-0.2, 0) is 0 Å². The first-order valence-electron chi connectivity index (χ1n) is 7.69. The van der Waals surface area contributed by atoms with Crippen LogP contribution in [-0.4, -0.2) is 18.9 Å². The molecule has 2 rings (SSSR count). The third kappa shape index (κ3) is 3.21. The molecule has 0 bridgehead atoms. The van der Waals surface area contributed by atoms with E-state index in [9.17, 15) is 4.79 Å². The van der Waals surface area contributed by atoms with Crippen molar-refractivity contribution in [3.8, 4) is 5.75 Å². The summed E-state index contributed by atoms with van der Waals surface area (Å²) in [6.45, 7) is 3.01. The van der Waals surface area contributed by atoms with Gasteiger partial charge in [0.1, 0.15) is 5.75 Å². The summed E-state index contributed by atoms with van der Waals surface area (Å²) in [5, 5.41) is 0. The molecule has 1 aliphatic carbocycles. The van der Waals surface area contributed by atoms with Crippen LogP contribution in [0.3, 0.4) is 0 Å². The summed E-state index contributed by atoms with van der Waals surface area (Å²) in [5.74, 6) is 0.961. The molecule has 110 valence electrons. The molecule has 1 saturated carbocycles. The van der Waals surface area contributed by atoms with Gasteiger partial charge in [-0.05, 0) is 31.9 Å². The van der Waals surface area contributed by atoms with Crippen LogP contribution in [0.5, 0.6) is 5.75 Å². The number of nitrogens with two attached hydrogens (primary N) is 1. The lowest BCUT2D eigenvalue weighted by molar-refractivity contribution is 0.0774. The Bertz CT molecular complexity index is 448. The van der Waals surface area contributed by atoms with E-state index in [1.54, 1.807) is 0 Å². The molecule has 0 atom stereocenters. The normalized spacial score (nSPS) is 18.3. The van der Waals surface area contributed by atoms with E-state index in [0.717, 1.165) is 37.0 Å². The monoisotopic (exact) mass is 275 g/mol. The van der Waals surface area contributed by atoms with Gasteiger partial charge >= 0.3 is 0 Å². The van der Waals surface area contributed by atoms with Crippen molar-refractivity contribution in [1.29, 1.82) is 0 Å². The van der Waals surface area contributed by atoms with Gasteiger partial charge in [0.05, 0.1) is 6.61 Å². The van der Waals surface area contributed by atoms with Crippen molar-refractivity contribution >= 4 is 5.78 Å². The van der Waals surface area contributed by atoms with E-state index in [4.69, 9.17) is 10.5 Å². The molecular weight excluding hydrogens is 250 g/mol. The molecule has 0 heterocycles. The Hall–Kier alpha value is -1.35. The third-order valence-corrected chi connectivity index (χ3v) is 4.34. The summed E-state index contributed by atoms with van der Waals surface area (Å²) in [7, 11) is 0. The van der Waals surface area contributed by atoms with Crippen molar-refractivity contribution in [3.05, 3.63) is 29.8 Å². The van der Waals surface area contributed by atoms with Gasteiger partial charge in [-0.25, -0.2) is 0 Å². The molecule has 1 aromatic rings. The topological polar surface area (TPSA) is 52.3 Å². The summed E-state index contributed by atoms with van der Waals surface area (Å²) in [6.07, 6.45) is 6.48. The zero-order valence-corrected chi connectivity index (χ0v) is 12.4. The molecule has 1 aliphatic rings. The summed E-state index contributed by atoms with van der Waals surface area (Å²) >= 11 is 0. The molecule has 0 saturated heterocycles. The molecule has 0 amide bonds. The molecule has 2 N–H and O–H groups in total. The highest BCUT2D eigenvalue weighted by Gasteiger charge is 2.37. The van der Waals surface area contributed by atoms with Gasteiger partial charge < -0.3 is 10.5 Å². The first-order chi connectivity index (χ1) is 9.72. The Morgan fingerprint density at radius 3 is 2.55 bits per heavy atom. The van der Waals surface area contributed by atoms with Crippen LogP contribution in [0.4, 0.5) is 0 Å². The smallest absolute Gasteiger partial charge is 0.170 e. The van der Waals surface area contributed by atoms with Crippen LogP contribution in [0.1, 0.15) is 55.8 Å². The number of carbonyl (C=O) groups is 1. The second kappa shape index (κ2) is 6.89. The SMILES string of the molecule is CCOc1cccc(C(=O)C2(CN)CCCCCC2)c1. The molecule has 0 aromatic heterocycles. The Balaban J connectivity index is 2.25. The maximum Gasteiger partial charge on any atom is 0.170 e. The Kier molecular flexibility index (Phi) is 5.18. The van der Waals surface area contributed by atoms with E-state index in [0.29, 0.717) is 13.2 Å².